The number of furan rings is 1. The third kappa shape index (κ3) is 6.97. The molecular weight excluding hydrogens is 480 g/mol. The number of carbonyl (C=O) groups is 1. The number of nitrogens with zero attached hydrogens (tertiary/aromatic N) is 4. The van der Waals surface area contributed by atoms with Crippen molar-refractivity contribution in [2.45, 2.75) is 31.3 Å². The van der Waals surface area contributed by atoms with Gasteiger partial charge in [0, 0.05) is 13.1 Å². The molecule has 3 aromatic rings. The van der Waals surface area contributed by atoms with Crippen LogP contribution in [-0.4, -0.2) is 42.4 Å². The van der Waals surface area contributed by atoms with Gasteiger partial charge in [-0.25, -0.2) is 23.5 Å². The summed E-state index contributed by atoms with van der Waals surface area (Å²) < 4.78 is 33.2. The number of esters is 1. The molecule has 0 bridgehead atoms. The number of benzene rings is 1. The van der Waals surface area contributed by atoms with Crippen LogP contribution in [0, 0.1) is 10.1 Å². The van der Waals surface area contributed by atoms with E-state index < -0.39 is 20.9 Å². The largest absolute Gasteiger partial charge is 0.467 e. The molecule has 3 N–H and O–H groups in total. The zero-order chi connectivity index (χ0) is 25.4. The zero-order valence-electron chi connectivity index (χ0n) is 18.8. The predicted molar refractivity (Wildman–Crippen MR) is 125 cm³/mol. The maximum absolute atomic E-state index is 12.0. The summed E-state index contributed by atoms with van der Waals surface area (Å²) in [6.07, 6.45) is 2.63. The van der Waals surface area contributed by atoms with Crippen LogP contribution in [0.3, 0.4) is 0 Å². The Morgan fingerprint density at radius 1 is 1.26 bits per heavy atom. The molecule has 0 atom stereocenters. The van der Waals surface area contributed by atoms with Gasteiger partial charge in [0.2, 0.25) is 21.7 Å². The molecule has 0 aliphatic rings. The maximum Gasteiger partial charge on any atom is 0.353 e. The Hall–Kier alpha value is -4.04. The summed E-state index contributed by atoms with van der Waals surface area (Å²) in [5.41, 5.74) is 0.255. The van der Waals surface area contributed by atoms with Crippen molar-refractivity contribution in [3.05, 3.63) is 70.4 Å². The van der Waals surface area contributed by atoms with Gasteiger partial charge in [-0.15, -0.1) is 0 Å². The topological polar surface area (TPSA) is 184 Å². The van der Waals surface area contributed by atoms with Crippen molar-refractivity contribution in [3.63, 3.8) is 0 Å². The average Bonchev–Trinajstić information content (AvgIpc) is 3.33. The van der Waals surface area contributed by atoms with Crippen LogP contribution < -0.4 is 15.4 Å². The maximum atomic E-state index is 12.0. The summed E-state index contributed by atoms with van der Waals surface area (Å²) >= 11 is 0. The average molecular weight is 505 g/mol. The number of ether oxygens (including phenoxy) is 1. The third-order valence-electron chi connectivity index (χ3n) is 4.81. The van der Waals surface area contributed by atoms with E-state index in [4.69, 9.17) is 14.3 Å². The molecule has 0 fully saturated rings. The first kappa shape index (κ1) is 25.6. The van der Waals surface area contributed by atoms with Crippen LogP contribution in [0.15, 0.2) is 58.3 Å². The number of anilines is 2. The summed E-state index contributed by atoms with van der Waals surface area (Å²) in [5, 5.41) is 20.0. The first-order chi connectivity index (χ1) is 16.7. The Bertz CT molecular complexity index is 1260. The Morgan fingerprint density at radius 2 is 2.00 bits per heavy atom. The van der Waals surface area contributed by atoms with E-state index in [1.807, 2.05) is 0 Å². The number of rotatable bonds is 12. The smallest absolute Gasteiger partial charge is 0.353 e. The highest BCUT2D eigenvalue weighted by molar-refractivity contribution is 7.89. The van der Waals surface area contributed by atoms with Crippen molar-refractivity contribution in [2.24, 2.45) is 5.14 Å². The molecule has 0 spiro atoms. The van der Waals surface area contributed by atoms with Crippen molar-refractivity contribution in [3.8, 4) is 0 Å². The second-order valence-electron chi connectivity index (χ2n) is 7.25. The minimum Gasteiger partial charge on any atom is -0.467 e. The lowest BCUT2D eigenvalue weighted by Crippen LogP contribution is -2.28. The summed E-state index contributed by atoms with van der Waals surface area (Å²) in [7, 11) is -3.83. The SMILES string of the molecule is CCOC(=O)CCN(Cc1ccco1)c1ncnc(NCc2ccc(S(N)(=O)=O)cc2)c1[N+](=O)[O-]. The van der Waals surface area contributed by atoms with Crippen LogP contribution >= 0.6 is 0 Å². The number of hydrogen-bond donors (Lipinski definition) is 2. The summed E-state index contributed by atoms with van der Waals surface area (Å²) in [6, 6.07) is 9.13. The van der Waals surface area contributed by atoms with Gasteiger partial charge in [0.15, 0.2) is 0 Å². The minimum atomic E-state index is -3.83. The number of nitro groups is 1. The molecule has 0 saturated carbocycles. The molecule has 0 unspecified atom stereocenters. The molecule has 35 heavy (non-hydrogen) atoms. The van der Waals surface area contributed by atoms with Crippen LogP contribution in [0.2, 0.25) is 0 Å². The van der Waals surface area contributed by atoms with Gasteiger partial charge in [0.1, 0.15) is 12.1 Å². The molecule has 0 aliphatic heterocycles. The first-order valence-corrected chi connectivity index (χ1v) is 12.0. The van der Waals surface area contributed by atoms with Crippen LogP contribution in [0.5, 0.6) is 0 Å². The number of nitrogens with one attached hydrogen (secondary N) is 1. The molecule has 0 saturated heterocycles. The van der Waals surface area contributed by atoms with Gasteiger partial charge < -0.3 is 19.4 Å². The van der Waals surface area contributed by atoms with E-state index in [0.29, 0.717) is 11.3 Å². The van der Waals surface area contributed by atoms with Gasteiger partial charge in [-0.1, -0.05) is 12.1 Å². The molecule has 0 amide bonds. The number of carbonyl (C=O) groups excluding carboxylic acids is 1. The van der Waals surface area contributed by atoms with E-state index >= 15 is 0 Å². The summed E-state index contributed by atoms with van der Waals surface area (Å²) in [4.78, 5) is 33.0. The number of primary sulfonamides is 1. The monoisotopic (exact) mass is 504 g/mol. The normalized spacial score (nSPS) is 11.1. The van der Waals surface area contributed by atoms with Crippen LogP contribution in [0.1, 0.15) is 24.7 Å². The van der Waals surface area contributed by atoms with Crippen molar-refractivity contribution >= 4 is 33.3 Å². The van der Waals surface area contributed by atoms with Crippen molar-refractivity contribution < 1.29 is 27.3 Å². The second-order valence-corrected chi connectivity index (χ2v) is 8.81. The molecule has 3 rings (SSSR count). The zero-order valence-corrected chi connectivity index (χ0v) is 19.6. The third-order valence-corrected chi connectivity index (χ3v) is 5.74. The second kappa shape index (κ2) is 11.4. The van der Waals surface area contributed by atoms with Gasteiger partial charge in [-0.05, 0) is 36.8 Å². The van der Waals surface area contributed by atoms with Crippen LogP contribution in [0.4, 0.5) is 17.3 Å². The van der Waals surface area contributed by atoms with Gasteiger partial charge in [0.25, 0.3) is 0 Å². The van der Waals surface area contributed by atoms with E-state index in [2.05, 4.69) is 15.3 Å². The molecule has 14 heteroatoms. The Labute approximate surface area is 201 Å². The van der Waals surface area contributed by atoms with Gasteiger partial charge in [-0.2, -0.15) is 0 Å². The fourth-order valence-electron chi connectivity index (χ4n) is 3.19. The lowest BCUT2D eigenvalue weighted by Gasteiger charge is -2.22. The molecule has 0 aliphatic carbocycles. The minimum absolute atomic E-state index is 0.00206. The summed E-state index contributed by atoms with van der Waals surface area (Å²) in [5.74, 6) is 0.0232. The Balaban J connectivity index is 1.87. The number of aromatic nitrogens is 2. The van der Waals surface area contributed by atoms with Crippen LogP contribution in [-0.2, 0) is 32.6 Å². The predicted octanol–water partition coefficient (Wildman–Crippen LogP) is 2.20. The van der Waals surface area contributed by atoms with Crippen molar-refractivity contribution in [2.75, 3.05) is 23.4 Å². The van der Waals surface area contributed by atoms with Crippen molar-refractivity contribution in [1.29, 1.82) is 0 Å². The highest BCUT2D eigenvalue weighted by Gasteiger charge is 2.28. The lowest BCUT2D eigenvalue weighted by atomic mass is 10.2. The molecule has 2 heterocycles. The lowest BCUT2D eigenvalue weighted by molar-refractivity contribution is -0.383. The molecule has 0 radical (unpaired) electrons. The van der Waals surface area contributed by atoms with Gasteiger partial charge in [0.05, 0.1) is 35.7 Å². The van der Waals surface area contributed by atoms with E-state index in [-0.39, 0.29) is 54.9 Å². The number of hydrogen-bond acceptors (Lipinski definition) is 11. The number of nitrogens with two attached hydrogens (primary N) is 1. The van der Waals surface area contributed by atoms with E-state index in [9.17, 15) is 23.3 Å². The molecule has 13 nitrogen and oxygen atoms in total. The number of sulfonamides is 1. The van der Waals surface area contributed by atoms with Crippen molar-refractivity contribution in [1.82, 2.24) is 9.97 Å². The Kier molecular flexibility index (Phi) is 8.33. The fraction of sp³-hybridized carbons (Fsp3) is 0.286. The molecular formula is C21H24N6O7S. The van der Waals surface area contributed by atoms with Gasteiger partial charge in [-0.3, -0.25) is 14.9 Å². The van der Waals surface area contributed by atoms with Crippen LogP contribution in [0.25, 0.3) is 0 Å². The summed E-state index contributed by atoms with van der Waals surface area (Å²) in [6.45, 7) is 2.24. The van der Waals surface area contributed by atoms with E-state index in [1.54, 1.807) is 24.0 Å². The Morgan fingerprint density at radius 3 is 2.60 bits per heavy atom. The fourth-order valence-corrected chi connectivity index (χ4v) is 3.71. The quantitative estimate of drug-likeness (QED) is 0.209. The van der Waals surface area contributed by atoms with Gasteiger partial charge >= 0.3 is 11.7 Å². The van der Waals surface area contributed by atoms with E-state index in [1.165, 1.54) is 36.9 Å². The van der Waals surface area contributed by atoms with E-state index in [0.717, 1.165) is 0 Å². The standard InChI is InChI=1S/C21H24N6O7S/c1-2-33-18(28)9-10-26(13-16-4-3-11-34-16)21-19(27(29)30)20(24-14-25-21)23-12-15-5-7-17(8-6-15)35(22,31)32/h3-8,11,14H,2,9-10,12-13H2,1H3,(H2,22,31,32)(H,23,24,25). The molecule has 186 valence electrons. The first-order valence-electron chi connectivity index (χ1n) is 10.5. The molecule has 2 aromatic heterocycles. The molecule has 1 aromatic carbocycles. The highest BCUT2D eigenvalue weighted by atomic mass is 32.2. The highest BCUT2D eigenvalue weighted by Crippen LogP contribution is 2.33.